The van der Waals surface area contributed by atoms with Crippen molar-refractivity contribution in [2.24, 2.45) is 0 Å². The van der Waals surface area contributed by atoms with E-state index in [-0.39, 0.29) is 17.6 Å². The minimum Gasteiger partial charge on any atom is -0.442 e. The van der Waals surface area contributed by atoms with E-state index in [1.807, 2.05) is 6.92 Å². The van der Waals surface area contributed by atoms with Crippen LogP contribution in [-0.2, 0) is 10.2 Å². The van der Waals surface area contributed by atoms with Crippen LogP contribution in [-0.4, -0.2) is 30.3 Å². The highest BCUT2D eigenvalue weighted by molar-refractivity contribution is 7.80. The summed E-state index contributed by atoms with van der Waals surface area (Å²) in [4.78, 5) is 14.8. The van der Waals surface area contributed by atoms with E-state index in [4.69, 9.17) is 17.0 Å². The Morgan fingerprint density at radius 1 is 1.35 bits per heavy atom. The first-order chi connectivity index (χ1) is 12.2. The van der Waals surface area contributed by atoms with Gasteiger partial charge in [-0.25, -0.2) is 4.79 Å². The van der Waals surface area contributed by atoms with E-state index < -0.39 is 0 Å². The topological polar surface area (TPSA) is 41.6 Å². The van der Waals surface area contributed by atoms with Crippen molar-refractivity contribution < 1.29 is 9.53 Å². The normalized spacial score (nSPS) is 19.2. The zero-order chi connectivity index (χ0) is 19.5. The molecule has 0 spiro atoms. The van der Waals surface area contributed by atoms with Crippen LogP contribution in [0.4, 0.5) is 10.5 Å². The maximum Gasteiger partial charge on any atom is 0.414 e. The van der Waals surface area contributed by atoms with Crippen LogP contribution in [0, 0.1) is 13.8 Å². The highest BCUT2D eigenvalue weighted by Crippen LogP contribution is 2.39. The molecule has 1 fully saturated rings. The second kappa shape index (κ2) is 8.38. The van der Waals surface area contributed by atoms with Gasteiger partial charge >= 0.3 is 6.09 Å². The number of ether oxygens (including phenoxy) is 1. The zero-order valence-electron chi connectivity index (χ0n) is 16.9. The molecule has 144 valence electrons. The molecule has 0 radical (unpaired) electrons. The molecule has 26 heavy (non-hydrogen) atoms. The number of amides is 1. The van der Waals surface area contributed by atoms with Crippen molar-refractivity contribution in [1.82, 2.24) is 5.32 Å². The lowest BCUT2D eigenvalue weighted by molar-refractivity contribution is 0.143. The summed E-state index contributed by atoms with van der Waals surface area (Å²) in [5.41, 5.74) is 5.03. The van der Waals surface area contributed by atoms with Crippen LogP contribution in [0.3, 0.4) is 0 Å². The Labute approximate surface area is 163 Å². The van der Waals surface area contributed by atoms with Crippen LogP contribution in [0.1, 0.15) is 63.6 Å². The second-order valence-electron chi connectivity index (χ2n) is 7.67. The third kappa shape index (κ3) is 4.37. The molecule has 0 saturated carbocycles. The average Bonchev–Trinajstić information content (AvgIpc) is 2.93. The molecule has 1 aromatic rings. The van der Waals surface area contributed by atoms with Crippen molar-refractivity contribution in [3.05, 3.63) is 28.8 Å². The fraction of sp³-hybridized carbons (Fsp3) is 0.619. The number of hydrogen-bond acceptors (Lipinski definition) is 3. The predicted octanol–water partition coefficient (Wildman–Crippen LogP) is 5.03. The van der Waals surface area contributed by atoms with Gasteiger partial charge in [-0.3, -0.25) is 4.90 Å². The van der Waals surface area contributed by atoms with Gasteiger partial charge in [0.05, 0.1) is 18.1 Å². The molecule has 0 bridgehead atoms. The first-order valence-corrected chi connectivity index (χ1v) is 9.97. The maximum absolute atomic E-state index is 12.3. The summed E-state index contributed by atoms with van der Waals surface area (Å²) in [5.74, 6) is 0. The Hall–Kier alpha value is -1.62. The number of carbonyl (C=O) groups is 1. The smallest absolute Gasteiger partial charge is 0.414 e. The van der Waals surface area contributed by atoms with E-state index in [1.165, 1.54) is 23.1 Å². The Kier molecular flexibility index (Phi) is 6.67. The largest absolute Gasteiger partial charge is 0.442 e. The molecule has 2 rings (SSSR count). The summed E-state index contributed by atoms with van der Waals surface area (Å²) < 4.78 is 5.48. The summed E-state index contributed by atoms with van der Waals surface area (Å²) in [5, 5.41) is 3.08. The van der Waals surface area contributed by atoms with Crippen molar-refractivity contribution in [3.63, 3.8) is 0 Å². The number of aryl methyl sites for hydroxylation is 2. The molecular formula is C21H32N2O2S. The molecule has 1 amide bonds. The van der Waals surface area contributed by atoms with Crippen molar-refractivity contribution in [1.29, 1.82) is 0 Å². The third-order valence-electron chi connectivity index (χ3n) is 5.47. The number of nitrogens with one attached hydrogen (secondary N) is 1. The molecular weight excluding hydrogens is 344 g/mol. The monoisotopic (exact) mass is 376 g/mol. The Balaban J connectivity index is 2.27. The van der Waals surface area contributed by atoms with E-state index in [9.17, 15) is 4.79 Å². The first kappa shape index (κ1) is 20.7. The summed E-state index contributed by atoms with van der Waals surface area (Å²) in [6.07, 6.45) is 2.98. The standard InChI is InChI=1S/C21H32N2O2S/c1-7-9-21(6,8-2)19-14(3)10-17(11-15(19)4)23-13-18(25-20(23)24)12-22-16(5)26/h10-11,18H,7-9,12-13H2,1-6H3,(H,22,26). The van der Waals surface area contributed by atoms with E-state index in [2.05, 4.69) is 52.1 Å². The number of hydrogen-bond donors (Lipinski definition) is 1. The molecule has 1 saturated heterocycles. The van der Waals surface area contributed by atoms with Gasteiger partial charge in [-0.2, -0.15) is 0 Å². The fourth-order valence-corrected chi connectivity index (χ4v) is 4.26. The molecule has 4 nitrogen and oxygen atoms in total. The van der Waals surface area contributed by atoms with Gasteiger partial charge in [0.2, 0.25) is 0 Å². The number of nitrogens with zero attached hydrogens (tertiary/aromatic N) is 1. The average molecular weight is 377 g/mol. The van der Waals surface area contributed by atoms with Gasteiger partial charge in [0.15, 0.2) is 0 Å². The van der Waals surface area contributed by atoms with Gasteiger partial charge in [-0.15, -0.1) is 0 Å². The highest BCUT2D eigenvalue weighted by atomic mass is 32.1. The van der Waals surface area contributed by atoms with Gasteiger partial charge < -0.3 is 10.1 Å². The molecule has 0 aliphatic carbocycles. The predicted molar refractivity (Wildman–Crippen MR) is 112 cm³/mol. The first-order valence-electron chi connectivity index (χ1n) is 9.56. The van der Waals surface area contributed by atoms with Crippen LogP contribution in [0.25, 0.3) is 0 Å². The molecule has 2 atom stereocenters. The fourth-order valence-electron chi connectivity index (χ4n) is 4.18. The van der Waals surface area contributed by atoms with Gasteiger partial charge in [-0.05, 0) is 67.9 Å². The highest BCUT2D eigenvalue weighted by Gasteiger charge is 2.34. The number of cyclic esters (lactones) is 1. The van der Waals surface area contributed by atoms with Crippen molar-refractivity contribution in [3.8, 4) is 0 Å². The molecule has 0 aromatic heterocycles. The van der Waals surface area contributed by atoms with Gasteiger partial charge in [0.1, 0.15) is 6.10 Å². The summed E-state index contributed by atoms with van der Waals surface area (Å²) >= 11 is 5.03. The molecule has 1 aliphatic rings. The van der Waals surface area contributed by atoms with Crippen LogP contribution < -0.4 is 10.2 Å². The third-order valence-corrected chi connectivity index (χ3v) is 5.61. The Morgan fingerprint density at radius 3 is 2.46 bits per heavy atom. The lowest BCUT2D eigenvalue weighted by Gasteiger charge is -2.33. The molecule has 1 N–H and O–H groups in total. The summed E-state index contributed by atoms with van der Waals surface area (Å²) in [6, 6.07) is 4.26. The van der Waals surface area contributed by atoms with E-state index in [0.717, 1.165) is 18.5 Å². The lowest BCUT2D eigenvalue weighted by atomic mass is 9.73. The van der Waals surface area contributed by atoms with Crippen molar-refractivity contribution in [2.75, 3.05) is 18.0 Å². The van der Waals surface area contributed by atoms with Crippen LogP contribution >= 0.6 is 12.2 Å². The Morgan fingerprint density at radius 2 is 1.96 bits per heavy atom. The van der Waals surface area contributed by atoms with Crippen LogP contribution in [0.15, 0.2) is 12.1 Å². The Bertz CT molecular complexity index is 666. The van der Waals surface area contributed by atoms with Gasteiger partial charge in [-0.1, -0.05) is 39.4 Å². The van der Waals surface area contributed by atoms with Crippen LogP contribution in [0.2, 0.25) is 0 Å². The quantitative estimate of drug-likeness (QED) is 0.678. The second-order valence-corrected chi connectivity index (χ2v) is 8.28. The molecule has 1 heterocycles. The molecule has 1 aliphatic heterocycles. The van der Waals surface area contributed by atoms with E-state index >= 15 is 0 Å². The molecule has 1 aromatic carbocycles. The lowest BCUT2D eigenvalue weighted by Crippen LogP contribution is -2.32. The minimum atomic E-state index is -0.280. The zero-order valence-corrected chi connectivity index (χ0v) is 17.8. The van der Waals surface area contributed by atoms with E-state index in [1.54, 1.807) is 4.90 Å². The van der Waals surface area contributed by atoms with Gasteiger partial charge in [0.25, 0.3) is 0 Å². The summed E-state index contributed by atoms with van der Waals surface area (Å²) in [6.45, 7) is 14.1. The van der Waals surface area contributed by atoms with Crippen molar-refractivity contribution >= 4 is 29.0 Å². The molecule has 5 heteroatoms. The van der Waals surface area contributed by atoms with E-state index in [0.29, 0.717) is 18.1 Å². The molecule has 2 unspecified atom stereocenters. The van der Waals surface area contributed by atoms with Crippen molar-refractivity contribution in [2.45, 2.75) is 72.3 Å². The minimum absolute atomic E-state index is 0.177. The number of thiocarbonyl (C=S) groups is 1. The van der Waals surface area contributed by atoms with Crippen LogP contribution in [0.5, 0.6) is 0 Å². The number of anilines is 1. The SMILES string of the molecule is CCCC(C)(CC)c1c(C)cc(N2CC(CNC(C)=S)OC2=O)cc1C. The maximum atomic E-state index is 12.3. The number of benzene rings is 1. The van der Waals surface area contributed by atoms with Gasteiger partial charge in [0, 0.05) is 5.69 Å². The summed E-state index contributed by atoms with van der Waals surface area (Å²) in [7, 11) is 0. The number of rotatable bonds is 7. The number of carbonyl (C=O) groups excluding carboxylic acids is 1.